The van der Waals surface area contributed by atoms with Crippen molar-refractivity contribution in [2.75, 3.05) is 0 Å². The van der Waals surface area contributed by atoms with Gasteiger partial charge in [-0.25, -0.2) is 0 Å². The van der Waals surface area contributed by atoms with Gasteiger partial charge in [0.15, 0.2) is 0 Å². The van der Waals surface area contributed by atoms with Crippen molar-refractivity contribution in [2.45, 2.75) is 20.3 Å². The Morgan fingerprint density at radius 3 is 3.08 bits per heavy atom. The van der Waals surface area contributed by atoms with Gasteiger partial charge in [-0.05, 0) is 12.3 Å². The van der Waals surface area contributed by atoms with Gasteiger partial charge in [0.1, 0.15) is 5.69 Å². The second kappa shape index (κ2) is 3.52. The maximum atomic E-state index is 11.7. The molecular weight excluding hydrogens is 152 g/mol. The zero-order chi connectivity index (χ0) is 11.6. The fourth-order valence-electron chi connectivity index (χ4n) is 0.979. The summed E-state index contributed by atoms with van der Waals surface area (Å²) in [6.45, 7) is 1.48. The Morgan fingerprint density at radius 1 is 1.75 bits per heavy atom. The van der Waals surface area contributed by atoms with Crippen LogP contribution in [0.4, 0.5) is 0 Å². The third-order valence-corrected chi connectivity index (χ3v) is 1.51. The van der Waals surface area contributed by atoms with E-state index in [2.05, 4.69) is 4.98 Å². The minimum absolute atomic E-state index is 0.276. The van der Waals surface area contributed by atoms with Crippen LogP contribution in [-0.2, 0) is 13.4 Å². The van der Waals surface area contributed by atoms with Gasteiger partial charge in [0.25, 0.3) is 5.56 Å². The molecule has 0 unspecified atom stereocenters. The summed E-state index contributed by atoms with van der Waals surface area (Å²) < 4.78 is 22.2. The Kier molecular flexibility index (Phi) is 1.62. The summed E-state index contributed by atoms with van der Waals surface area (Å²) in [7, 11) is 0. The standard InChI is InChI=1S/C9H14N2O/c1-7(2)6-8-9(12)11(3)5-4-10-8/h4-5,7H,6H2,1-3H3/i3D3. The van der Waals surface area contributed by atoms with Crippen LogP contribution < -0.4 is 5.56 Å². The average Bonchev–Trinajstić information content (AvgIpc) is 2.05. The third-order valence-electron chi connectivity index (χ3n) is 1.51. The van der Waals surface area contributed by atoms with Gasteiger partial charge in [0.05, 0.1) is 0 Å². The van der Waals surface area contributed by atoms with E-state index in [1.165, 1.54) is 12.4 Å². The van der Waals surface area contributed by atoms with E-state index < -0.39 is 12.5 Å². The molecule has 3 heteroatoms. The van der Waals surface area contributed by atoms with Crippen molar-refractivity contribution in [1.82, 2.24) is 9.55 Å². The highest BCUT2D eigenvalue weighted by Crippen LogP contribution is 1.99. The van der Waals surface area contributed by atoms with Gasteiger partial charge in [0.2, 0.25) is 0 Å². The molecule has 0 bridgehead atoms. The predicted octanol–water partition coefficient (Wildman–Crippen LogP) is 0.979. The molecule has 0 aliphatic heterocycles. The first-order valence-electron chi connectivity index (χ1n) is 5.39. The first-order valence-corrected chi connectivity index (χ1v) is 3.89. The summed E-state index contributed by atoms with van der Waals surface area (Å²) in [5, 5.41) is 0. The molecule has 0 saturated carbocycles. The van der Waals surface area contributed by atoms with Crippen LogP contribution in [0.1, 0.15) is 23.7 Å². The number of rotatable bonds is 2. The van der Waals surface area contributed by atoms with E-state index in [1.54, 1.807) is 0 Å². The van der Waals surface area contributed by atoms with Gasteiger partial charge in [-0.1, -0.05) is 13.8 Å². The smallest absolute Gasteiger partial charge is 0.271 e. The Morgan fingerprint density at radius 2 is 2.50 bits per heavy atom. The van der Waals surface area contributed by atoms with Crippen LogP contribution in [0.3, 0.4) is 0 Å². The highest BCUT2D eigenvalue weighted by atomic mass is 16.1. The number of hydrogen-bond donors (Lipinski definition) is 0. The van der Waals surface area contributed by atoms with Crippen molar-refractivity contribution in [1.29, 1.82) is 0 Å². The molecule has 0 fully saturated rings. The zero-order valence-corrected chi connectivity index (χ0v) is 7.24. The van der Waals surface area contributed by atoms with Gasteiger partial charge in [-0.15, -0.1) is 0 Å². The molecule has 1 aromatic rings. The fourth-order valence-corrected chi connectivity index (χ4v) is 0.979. The highest BCUT2D eigenvalue weighted by molar-refractivity contribution is 4.97. The van der Waals surface area contributed by atoms with Crippen molar-refractivity contribution < 1.29 is 4.11 Å². The molecule has 1 heterocycles. The maximum Gasteiger partial charge on any atom is 0.271 e. The lowest BCUT2D eigenvalue weighted by molar-refractivity contribution is 0.620. The first-order chi connectivity index (χ1) is 6.82. The first kappa shape index (κ1) is 5.51. The fraction of sp³-hybridized carbons (Fsp3) is 0.556. The maximum absolute atomic E-state index is 11.7. The predicted molar refractivity (Wildman–Crippen MR) is 48.0 cm³/mol. The topological polar surface area (TPSA) is 34.9 Å². The monoisotopic (exact) mass is 169 g/mol. The van der Waals surface area contributed by atoms with Crippen molar-refractivity contribution in [3.05, 3.63) is 28.4 Å². The second-order valence-corrected chi connectivity index (χ2v) is 3.15. The molecule has 1 aromatic heterocycles. The summed E-state index contributed by atoms with van der Waals surface area (Å²) in [5.74, 6) is 0.276. The van der Waals surface area contributed by atoms with E-state index in [9.17, 15) is 4.79 Å². The number of hydrogen-bond acceptors (Lipinski definition) is 2. The molecule has 0 N–H and O–H groups in total. The average molecular weight is 169 g/mol. The van der Waals surface area contributed by atoms with Crippen molar-refractivity contribution in [3.8, 4) is 0 Å². The molecule has 0 radical (unpaired) electrons. The lowest BCUT2D eigenvalue weighted by atomic mass is 10.1. The molecule has 12 heavy (non-hydrogen) atoms. The van der Waals surface area contributed by atoms with Crippen LogP contribution in [0, 0.1) is 5.92 Å². The molecule has 1 rings (SSSR count). The summed E-state index contributed by atoms with van der Waals surface area (Å²) >= 11 is 0. The Hall–Kier alpha value is -1.12. The van der Waals surface area contributed by atoms with Gasteiger partial charge < -0.3 is 4.57 Å². The van der Waals surface area contributed by atoms with Crippen LogP contribution in [-0.4, -0.2) is 9.55 Å². The summed E-state index contributed by atoms with van der Waals surface area (Å²) in [6.07, 6.45) is 3.04. The number of nitrogens with zero attached hydrogens (tertiary/aromatic N) is 2. The summed E-state index contributed by atoms with van der Waals surface area (Å²) in [6, 6.07) is 0. The van der Waals surface area contributed by atoms with Crippen LogP contribution in [0.15, 0.2) is 17.2 Å². The van der Waals surface area contributed by atoms with Crippen molar-refractivity contribution >= 4 is 0 Å². The Labute approximate surface area is 76.3 Å². The lowest BCUT2D eigenvalue weighted by Crippen LogP contribution is -2.22. The van der Waals surface area contributed by atoms with E-state index >= 15 is 0 Å². The molecular formula is C9H14N2O. The van der Waals surface area contributed by atoms with Gasteiger partial charge in [-0.2, -0.15) is 0 Å². The van der Waals surface area contributed by atoms with E-state index in [0.717, 1.165) is 4.57 Å². The van der Waals surface area contributed by atoms with Gasteiger partial charge >= 0.3 is 0 Å². The molecule has 0 aromatic carbocycles. The van der Waals surface area contributed by atoms with E-state index in [-0.39, 0.29) is 5.92 Å². The number of aryl methyl sites for hydroxylation is 1. The van der Waals surface area contributed by atoms with Crippen LogP contribution >= 0.6 is 0 Å². The van der Waals surface area contributed by atoms with E-state index in [1.807, 2.05) is 13.8 Å². The second-order valence-electron chi connectivity index (χ2n) is 3.15. The largest absolute Gasteiger partial charge is 0.315 e. The van der Waals surface area contributed by atoms with E-state index in [0.29, 0.717) is 12.1 Å². The Bertz CT molecular complexity index is 395. The highest BCUT2D eigenvalue weighted by Gasteiger charge is 2.04. The molecule has 0 amide bonds. The molecule has 0 atom stereocenters. The molecule has 0 aliphatic rings. The molecule has 0 aliphatic carbocycles. The van der Waals surface area contributed by atoms with Crippen LogP contribution in [0.25, 0.3) is 0 Å². The lowest BCUT2D eigenvalue weighted by Gasteiger charge is -2.03. The SMILES string of the molecule is [2H]C([2H])([2H])n1ccnc(CC(C)C)c1=O. The van der Waals surface area contributed by atoms with Gasteiger partial charge in [-0.3, -0.25) is 9.78 Å². The molecule has 66 valence electrons. The van der Waals surface area contributed by atoms with Crippen molar-refractivity contribution in [3.63, 3.8) is 0 Å². The molecule has 0 spiro atoms. The summed E-state index contributed by atoms with van der Waals surface area (Å²) in [4.78, 5) is 15.6. The summed E-state index contributed by atoms with van der Waals surface area (Å²) in [5.41, 5.74) is -0.213. The minimum Gasteiger partial charge on any atom is -0.315 e. The van der Waals surface area contributed by atoms with Crippen molar-refractivity contribution in [2.24, 2.45) is 12.9 Å². The molecule has 0 saturated heterocycles. The normalized spacial score (nSPS) is 15.4. The Balaban J connectivity index is 3.18. The van der Waals surface area contributed by atoms with Crippen LogP contribution in [0.2, 0.25) is 0 Å². The minimum atomic E-state index is -2.42. The van der Waals surface area contributed by atoms with E-state index in [4.69, 9.17) is 4.11 Å². The molecule has 3 nitrogen and oxygen atoms in total. The third kappa shape index (κ3) is 1.94. The zero-order valence-electron chi connectivity index (χ0n) is 10.2. The quantitative estimate of drug-likeness (QED) is 0.661. The number of aromatic nitrogens is 2. The van der Waals surface area contributed by atoms with Gasteiger partial charge in [0, 0.05) is 23.5 Å². The van der Waals surface area contributed by atoms with Crippen LogP contribution in [0.5, 0.6) is 0 Å².